The predicted molar refractivity (Wildman–Crippen MR) is 70.9 cm³/mol. The zero-order valence-electron chi connectivity index (χ0n) is 10.0. The van der Waals surface area contributed by atoms with Crippen LogP contribution < -0.4 is 5.32 Å². The van der Waals surface area contributed by atoms with Crippen LogP contribution in [-0.4, -0.2) is 11.0 Å². The van der Waals surface area contributed by atoms with Crippen LogP contribution in [0.15, 0.2) is 24.3 Å². The first kappa shape index (κ1) is 11.6. The molecule has 1 unspecified atom stereocenters. The van der Waals surface area contributed by atoms with Gasteiger partial charge < -0.3 is 5.32 Å². The number of hydrogen-bond acceptors (Lipinski definition) is 3. The van der Waals surface area contributed by atoms with Gasteiger partial charge in [0.1, 0.15) is 5.01 Å². The molecular weight excluding hydrogens is 216 g/mol. The second-order valence-corrected chi connectivity index (χ2v) is 5.36. The number of rotatable bonds is 4. The van der Waals surface area contributed by atoms with Gasteiger partial charge in [0.05, 0.1) is 16.3 Å². The Bertz CT molecular complexity index is 429. The molecule has 0 aliphatic heterocycles. The lowest BCUT2D eigenvalue weighted by Crippen LogP contribution is -2.27. The van der Waals surface area contributed by atoms with E-state index in [1.54, 1.807) is 11.3 Å². The summed E-state index contributed by atoms with van der Waals surface area (Å²) in [4.78, 5) is 4.69. The summed E-state index contributed by atoms with van der Waals surface area (Å²) in [5.74, 6) is 0. The fourth-order valence-corrected chi connectivity index (χ4v) is 2.92. The average molecular weight is 234 g/mol. The van der Waals surface area contributed by atoms with E-state index in [1.165, 1.54) is 9.71 Å². The van der Waals surface area contributed by atoms with Crippen LogP contribution in [0.2, 0.25) is 0 Å². The van der Waals surface area contributed by atoms with E-state index in [0.29, 0.717) is 12.1 Å². The van der Waals surface area contributed by atoms with Crippen LogP contribution in [-0.2, 0) is 0 Å². The molecule has 0 amide bonds. The molecule has 0 bridgehead atoms. The molecule has 0 spiro atoms. The minimum Gasteiger partial charge on any atom is -0.306 e. The van der Waals surface area contributed by atoms with Gasteiger partial charge in [0.15, 0.2) is 0 Å². The van der Waals surface area contributed by atoms with Crippen molar-refractivity contribution < 1.29 is 0 Å². The van der Waals surface area contributed by atoms with Crippen LogP contribution >= 0.6 is 11.3 Å². The molecule has 1 aromatic heterocycles. The number of para-hydroxylation sites is 1. The molecule has 1 aromatic carbocycles. The zero-order chi connectivity index (χ0) is 11.5. The topological polar surface area (TPSA) is 24.9 Å². The number of nitrogens with one attached hydrogen (secondary N) is 1. The maximum Gasteiger partial charge on any atom is 0.111 e. The predicted octanol–water partition coefficient (Wildman–Crippen LogP) is 3.75. The highest BCUT2D eigenvalue weighted by atomic mass is 32.1. The first-order valence-corrected chi connectivity index (χ1v) is 6.64. The van der Waals surface area contributed by atoms with Gasteiger partial charge in [-0.3, -0.25) is 0 Å². The normalized spacial score (nSPS) is 13.5. The van der Waals surface area contributed by atoms with E-state index in [9.17, 15) is 0 Å². The number of thiazole rings is 1. The van der Waals surface area contributed by atoms with Gasteiger partial charge in [0, 0.05) is 6.04 Å². The molecule has 2 rings (SSSR count). The maximum absolute atomic E-state index is 4.69. The molecule has 0 radical (unpaired) electrons. The second-order valence-electron chi connectivity index (χ2n) is 4.30. The third-order valence-electron chi connectivity index (χ3n) is 2.55. The molecule has 2 aromatic rings. The van der Waals surface area contributed by atoms with Crippen molar-refractivity contribution in [1.29, 1.82) is 0 Å². The number of aromatic nitrogens is 1. The Morgan fingerprint density at radius 3 is 2.69 bits per heavy atom. The average Bonchev–Trinajstić information content (AvgIpc) is 2.68. The SMILES string of the molecule is CCC(NC(C)C)c1nc2ccccc2s1. The monoisotopic (exact) mass is 234 g/mol. The van der Waals surface area contributed by atoms with E-state index in [2.05, 4.69) is 44.3 Å². The molecule has 1 N–H and O–H groups in total. The van der Waals surface area contributed by atoms with Crippen molar-refractivity contribution in [2.45, 2.75) is 39.3 Å². The van der Waals surface area contributed by atoms with Crippen molar-refractivity contribution in [3.8, 4) is 0 Å². The van der Waals surface area contributed by atoms with Gasteiger partial charge in [-0.25, -0.2) is 4.98 Å². The van der Waals surface area contributed by atoms with E-state index in [0.717, 1.165) is 11.9 Å². The van der Waals surface area contributed by atoms with Crippen molar-refractivity contribution in [1.82, 2.24) is 10.3 Å². The highest BCUT2D eigenvalue weighted by molar-refractivity contribution is 7.18. The van der Waals surface area contributed by atoms with E-state index in [4.69, 9.17) is 4.98 Å². The minimum atomic E-state index is 0.386. The number of benzene rings is 1. The van der Waals surface area contributed by atoms with E-state index < -0.39 is 0 Å². The molecule has 0 saturated carbocycles. The van der Waals surface area contributed by atoms with Crippen molar-refractivity contribution in [2.75, 3.05) is 0 Å². The second kappa shape index (κ2) is 4.93. The van der Waals surface area contributed by atoms with Gasteiger partial charge >= 0.3 is 0 Å². The van der Waals surface area contributed by atoms with Crippen molar-refractivity contribution in [3.63, 3.8) is 0 Å². The van der Waals surface area contributed by atoms with Gasteiger partial charge in [-0.15, -0.1) is 11.3 Å². The lowest BCUT2D eigenvalue weighted by atomic mass is 10.2. The van der Waals surface area contributed by atoms with Crippen LogP contribution in [0.3, 0.4) is 0 Å². The lowest BCUT2D eigenvalue weighted by Gasteiger charge is -2.16. The Morgan fingerprint density at radius 1 is 1.31 bits per heavy atom. The van der Waals surface area contributed by atoms with Gasteiger partial charge in [0.2, 0.25) is 0 Å². The van der Waals surface area contributed by atoms with E-state index in [-0.39, 0.29) is 0 Å². The lowest BCUT2D eigenvalue weighted by molar-refractivity contribution is 0.465. The zero-order valence-corrected chi connectivity index (χ0v) is 10.8. The number of nitrogens with zero attached hydrogens (tertiary/aromatic N) is 1. The molecular formula is C13H18N2S. The Balaban J connectivity index is 2.30. The molecule has 0 saturated heterocycles. The quantitative estimate of drug-likeness (QED) is 0.871. The van der Waals surface area contributed by atoms with Gasteiger partial charge in [0.25, 0.3) is 0 Å². The fourth-order valence-electron chi connectivity index (χ4n) is 1.81. The smallest absolute Gasteiger partial charge is 0.111 e. The highest BCUT2D eigenvalue weighted by Gasteiger charge is 2.14. The van der Waals surface area contributed by atoms with Crippen molar-refractivity contribution >= 4 is 21.6 Å². The Labute approximate surface area is 101 Å². The first-order valence-electron chi connectivity index (χ1n) is 5.82. The molecule has 0 aliphatic rings. The summed E-state index contributed by atoms with van der Waals surface area (Å²) in [6, 6.07) is 9.22. The molecule has 1 heterocycles. The van der Waals surface area contributed by atoms with Crippen LogP contribution in [0.1, 0.15) is 38.2 Å². The Kier molecular flexibility index (Phi) is 3.56. The van der Waals surface area contributed by atoms with Crippen LogP contribution in [0.25, 0.3) is 10.2 Å². The Hall–Kier alpha value is -0.930. The third-order valence-corrected chi connectivity index (χ3v) is 3.70. The summed E-state index contributed by atoms with van der Waals surface area (Å²) in [7, 11) is 0. The van der Waals surface area contributed by atoms with Gasteiger partial charge in [-0.1, -0.05) is 32.9 Å². The van der Waals surface area contributed by atoms with Crippen LogP contribution in [0.4, 0.5) is 0 Å². The summed E-state index contributed by atoms with van der Waals surface area (Å²) in [5, 5.41) is 4.76. The summed E-state index contributed by atoms with van der Waals surface area (Å²) in [5.41, 5.74) is 1.12. The van der Waals surface area contributed by atoms with Crippen molar-refractivity contribution in [3.05, 3.63) is 29.3 Å². The molecule has 16 heavy (non-hydrogen) atoms. The maximum atomic E-state index is 4.69. The largest absolute Gasteiger partial charge is 0.306 e. The summed E-state index contributed by atoms with van der Waals surface area (Å²) in [6.45, 7) is 6.55. The van der Waals surface area contributed by atoms with Gasteiger partial charge in [-0.2, -0.15) is 0 Å². The van der Waals surface area contributed by atoms with E-state index in [1.807, 2.05) is 6.07 Å². The molecule has 1 atom stereocenters. The first-order chi connectivity index (χ1) is 7.70. The Morgan fingerprint density at radius 2 is 2.06 bits per heavy atom. The summed E-state index contributed by atoms with van der Waals surface area (Å²) >= 11 is 1.80. The third kappa shape index (κ3) is 2.42. The molecule has 86 valence electrons. The van der Waals surface area contributed by atoms with E-state index >= 15 is 0 Å². The summed E-state index contributed by atoms with van der Waals surface area (Å²) in [6.07, 6.45) is 1.08. The molecule has 0 aliphatic carbocycles. The van der Waals surface area contributed by atoms with Crippen molar-refractivity contribution in [2.24, 2.45) is 0 Å². The molecule has 2 nitrogen and oxygen atoms in total. The standard InChI is InChI=1S/C13H18N2S/c1-4-10(14-9(2)3)13-15-11-7-5-6-8-12(11)16-13/h5-10,14H,4H2,1-3H3. The van der Waals surface area contributed by atoms with Gasteiger partial charge in [-0.05, 0) is 18.6 Å². The molecule has 0 fully saturated rings. The van der Waals surface area contributed by atoms with Crippen LogP contribution in [0, 0.1) is 0 Å². The number of fused-ring (bicyclic) bond motifs is 1. The summed E-state index contributed by atoms with van der Waals surface area (Å²) < 4.78 is 1.28. The fraction of sp³-hybridized carbons (Fsp3) is 0.462. The minimum absolute atomic E-state index is 0.386. The molecule has 3 heteroatoms. The van der Waals surface area contributed by atoms with Crippen LogP contribution in [0.5, 0.6) is 0 Å². The highest BCUT2D eigenvalue weighted by Crippen LogP contribution is 2.27. The number of hydrogen-bond donors (Lipinski definition) is 1.